The van der Waals surface area contributed by atoms with Crippen molar-refractivity contribution in [1.82, 2.24) is 14.9 Å². The molecule has 1 unspecified atom stereocenters. The van der Waals surface area contributed by atoms with Crippen LogP contribution in [0.4, 0.5) is 19.0 Å². The summed E-state index contributed by atoms with van der Waals surface area (Å²) in [5, 5.41) is 0.660. The van der Waals surface area contributed by atoms with Crippen LogP contribution in [-0.2, 0) is 10.9 Å². The van der Waals surface area contributed by atoms with Crippen LogP contribution in [0.5, 0.6) is 0 Å². The van der Waals surface area contributed by atoms with Crippen molar-refractivity contribution in [3.05, 3.63) is 30.1 Å². The quantitative estimate of drug-likeness (QED) is 0.836. The van der Waals surface area contributed by atoms with Crippen LogP contribution in [0.3, 0.4) is 0 Å². The Labute approximate surface area is 149 Å². The first kappa shape index (κ1) is 17.5. The lowest BCUT2D eigenvalue weighted by Crippen LogP contribution is -2.49. The molecule has 8 heteroatoms. The van der Waals surface area contributed by atoms with Crippen molar-refractivity contribution in [3.8, 4) is 0 Å². The van der Waals surface area contributed by atoms with E-state index in [2.05, 4.69) is 14.9 Å². The third-order valence-corrected chi connectivity index (χ3v) is 4.99. The maximum absolute atomic E-state index is 13.2. The zero-order valence-electron chi connectivity index (χ0n) is 14.4. The number of benzene rings is 1. The molecule has 0 saturated carbocycles. The number of hydrogen-bond acceptors (Lipinski definition) is 5. The van der Waals surface area contributed by atoms with Gasteiger partial charge in [0.1, 0.15) is 5.82 Å². The molecular weight excluding hydrogens is 345 g/mol. The number of rotatable bonds is 3. The van der Waals surface area contributed by atoms with Crippen LogP contribution in [0.25, 0.3) is 10.9 Å². The van der Waals surface area contributed by atoms with Crippen molar-refractivity contribution >= 4 is 16.7 Å². The fraction of sp³-hybridized carbons (Fsp3) is 0.556. The summed E-state index contributed by atoms with van der Waals surface area (Å²) in [4.78, 5) is 11.8. The van der Waals surface area contributed by atoms with Crippen LogP contribution >= 0.6 is 0 Å². The van der Waals surface area contributed by atoms with Crippen LogP contribution < -0.4 is 4.90 Å². The highest BCUT2D eigenvalue weighted by atomic mass is 19.4. The fourth-order valence-corrected chi connectivity index (χ4v) is 3.65. The lowest BCUT2D eigenvalue weighted by molar-refractivity contribution is -0.144. The molecule has 0 spiro atoms. The van der Waals surface area contributed by atoms with Crippen molar-refractivity contribution in [2.24, 2.45) is 0 Å². The first-order chi connectivity index (χ1) is 12.5. The molecular formula is C18H21F3N4O. The van der Waals surface area contributed by atoms with E-state index in [1.807, 2.05) is 4.90 Å². The molecule has 1 aromatic heterocycles. The Morgan fingerprint density at radius 3 is 2.54 bits per heavy atom. The van der Waals surface area contributed by atoms with Gasteiger partial charge in [-0.3, -0.25) is 4.90 Å². The van der Waals surface area contributed by atoms with Gasteiger partial charge in [0.2, 0.25) is 5.82 Å². The van der Waals surface area contributed by atoms with E-state index in [4.69, 9.17) is 4.74 Å². The summed E-state index contributed by atoms with van der Waals surface area (Å²) in [6, 6.07) is 6.88. The Morgan fingerprint density at radius 1 is 1.08 bits per heavy atom. The number of anilines is 1. The van der Waals surface area contributed by atoms with Crippen LogP contribution in [0.1, 0.15) is 18.7 Å². The Morgan fingerprint density at radius 2 is 1.85 bits per heavy atom. The van der Waals surface area contributed by atoms with Gasteiger partial charge >= 0.3 is 6.18 Å². The number of para-hydroxylation sites is 1. The third-order valence-electron chi connectivity index (χ3n) is 4.99. The molecule has 2 aromatic rings. The predicted octanol–water partition coefficient (Wildman–Crippen LogP) is 2.95. The zero-order chi connectivity index (χ0) is 18.1. The van der Waals surface area contributed by atoms with Crippen LogP contribution in [0.15, 0.2) is 24.3 Å². The van der Waals surface area contributed by atoms with Gasteiger partial charge in [0.25, 0.3) is 0 Å². The molecule has 2 aliphatic heterocycles. The van der Waals surface area contributed by atoms with Gasteiger partial charge in [0, 0.05) is 44.7 Å². The van der Waals surface area contributed by atoms with Gasteiger partial charge in [-0.05, 0) is 25.0 Å². The average molecular weight is 366 g/mol. The van der Waals surface area contributed by atoms with E-state index in [9.17, 15) is 13.2 Å². The Balaban J connectivity index is 1.55. The minimum atomic E-state index is -4.56. The number of piperazine rings is 1. The molecule has 2 fully saturated rings. The van der Waals surface area contributed by atoms with Gasteiger partial charge in [-0.25, -0.2) is 9.97 Å². The van der Waals surface area contributed by atoms with Crippen molar-refractivity contribution in [1.29, 1.82) is 0 Å². The standard InChI is InChI=1S/C18H21F3N4O/c19-18(20,21)17-22-15-6-2-1-5-14(15)16(23-17)25-9-7-24(8-10-25)12-13-4-3-11-26-13/h1-2,5-6,13H,3-4,7-12H2. The van der Waals surface area contributed by atoms with Gasteiger partial charge in [-0.15, -0.1) is 0 Å². The van der Waals surface area contributed by atoms with Crippen molar-refractivity contribution in [3.63, 3.8) is 0 Å². The minimum absolute atomic E-state index is 0.290. The maximum atomic E-state index is 13.2. The molecule has 3 heterocycles. The van der Waals surface area contributed by atoms with Gasteiger partial charge in [-0.1, -0.05) is 12.1 Å². The van der Waals surface area contributed by atoms with Crippen LogP contribution in [0, 0.1) is 0 Å². The summed E-state index contributed by atoms with van der Waals surface area (Å²) in [6.07, 6.45) is -2.07. The highest BCUT2D eigenvalue weighted by Crippen LogP contribution is 2.32. The third kappa shape index (κ3) is 3.61. The second-order valence-electron chi connectivity index (χ2n) is 6.81. The molecule has 2 saturated heterocycles. The predicted molar refractivity (Wildman–Crippen MR) is 92.2 cm³/mol. The molecule has 0 amide bonds. The molecule has 1 aromatic carbocycles. The molecule has 2 aliphatic rings. The number of ether oxygens (including phenoxy) is 1. The van der Waals surface area contributed by atoms with Gasteiger partial charge in [0.15, 0.2) is 0 Å². The number of hydrogen-bond donors (Lipinski definition) is 0. The summed E-state index contributed by atoms with van der Waals surface area (Å²) in [5.74, 6) is -0.701. The van der Waals surface area contributed by atoms with Gasteiger partial charge in [-0.2, -0.15) is 13.2 Å². The summed E-state index contributed by atoms with van der Waals surface area (Å²) < 4.78 is 45.2. The number of fused-ring (bicyclic) bond motifs is 1. The molecule has 0 aliphatic carbocycles. The van der Waals surface area contributed by atoms with E-state index in [-0.39, 0.29) is 0 Å². The zero-order valence-corrected chi connectivity index (χ0v) is 14.4. The van der Waals surface area contributed by atoms with Crippen LogP contribution in [0.2, 0.25) is 0 Å². The lowest BCUT2D eigenvalue weighted by atomic mass is 10.2. The second kappa shape index (κ2) is 7.00. The lowest BCUT2D eigenvalue weighted by Gasteiger charge is -2.36. The van der Waals surface area contributed by atoms with E-state index in [1.165, 1.54) is 0 Å². The molecule has 1 atom stereocenters. The molecule has 5 nitrogen and oxygen atoms in total. The molecule has 0 radical (unpaired) electrons. The average Bonchev–Trinajstić information content (AvgIpc) is 3.14. The highest BCUT2D eigenvalue weighted by molar-refractivity contribution is 5.89. The van der Waals surface area contributed by atoms with E-state index in [0.717, 1.165) is 39.1 Å². The van der Waals surface area contributed by atoms with Gasteiger partial charge in [0.05, 0.1) is 11.6 Å². The number of alkyl halides is 3. The Bertz CT molecular complexity index is 769. The topological polar surface area (TPSA) is 41.5 Å². The Hall–Kier alpha value is -1.93. The molecule has 140 valence electrons. The minimum Gasteiger partial charge on any atom is -0.377 e. The van der Waals surface area contributed by atoms with Gasteiger partial charge < -0.3 is 9.64 Å². The van der Waals surface area contributed by atoms with Crippen LogP contribution in [-0.4, -0.2) is 60.3 Å². The molecule has 4 rings (SSSR count). The maximum Gasteiger partial charge on any atom is 0.451 e. The van der Waals surface area contributed by atoms with Crippen molar-refractivity contribution in [2.45, 2.75) is 25.1 Å². The summed E-state index contributed by atoms with van der Waals surface area (Å²) in [7, 11) is 0. The summed E-state index contributed by atoms with van der Waals surface area (Å²) in [6.45, 7) is 4.60. The Kier molecular flexibility index (Phi) is 4.71. The summed E-state index contributed by atoms with van der Waals surface area (Å²) in [5.41, 5.74) is 0.326. The largest absolute Gasteiger partial charge is 0.451 e. The summed E-state index contributed by atoms with van der Waals surface area (Å²) >= 11 is 0. The molecule has 26 heavy (non-hydrogen) atoms. The normalized spacial score (nSPS) is 22.3. The number of halogens is 3. The monoisotopic (exact) mass is 366 g/mol. The van der Waals surface area contributed by atoms with E-state index < -0.39 is 12.0 Å². The van der Waals surface area contributed by atoms with E-state index in [1.54, 1.807) is 24.3 Å². The van der Waals surface area contributed by atoms with Crippen molar-refractivity contribution in [2.75, 3.05) is 44.2 Å². The first-order valence-electron chi connectivity index (χ1n) is 8.93. The SMILES string of the molecule is FC(F)(F)c1nc(N2CCN(CC3CCCO3)CC2)c2ccccc2n1. The highest BCUT2D eigenvalue weighted by Gasteiger charge is 2.36. The van der Waals surface area contributed by atoms with E-state index >= 15 is 0 Å². The molecule has 0 bridgehead atoms. The second-order valence-corrected chi connectivity index (χ2v) is 6.81. The first-order valence-corrected chi connectivity index (χ1v) is 8.93. The molecule has 0 N–H and O–H groups in total. The number of nitrogens with zero attached hydrogens (tertiary/aromatic N) is 4. The fourth-order valence-electron chi connectivity index (χ4n) is 3.65. The smallest absolute Gasteiger partial charge is 0.377 e. The number of aromatic nitrogens is 2. The van der Waals surface area contributed by atoms with Crippen molar-refractivity contribution < 1.29 is 17.9 Å². The van der Waals surface area contributed by atoms with E-state index in [0.29, 0.717) is 35.9 Å².